The number of ether oxygens (including phenoxy) is 1. The standard InChI is InChI=1S/C30H33ClN4O5S.2ClH/c31-27-19-25(11-12-28(27)40-26-13-16-34(17-14-26)20-23-6-2-1-3-7-23)35(41(38,39)21-29(36)37)15-5-9-22-8-4-10-24(18-22)30(32)33;;/h1-12,18-19,26H,13-17,20-21H2,(H3,32,33)(H,36,37);2*1H/b9-5+;;. The number of nitrogens with one attached hydrogen (secondary N) is 1. The molecule has 0 aromatic heterocycles. The third-order valence-corrected chi connectivity index (χ3v) is 8.64. The van der Waals surface area contributed by atoms with Gasteiger partial charge in [0.2, 0.25) is 10.0 Å². The number of nitrogens with two attached hydrogens (primary N) is 1. The lowest BCUT2D eigenvalue weighted by atomic mass is 10.1. The quantitative estimate of drug-likeness (QED) is 0.172. The topological polar surface area (TPSA) is 137 Å². The molecule has 0 atom stereocenters. The summed E-state index contributed by atoms with van der Waals surface area (Å²) >= 11 is 6.54. The fraction of sp³-hybridized carbons (Fsp3) is 0.267. The SMILES string of the molecule is Cl.Cl.N=C(N)c1cccc(/C=C/CN(c2ccc(OC3CCN(Cc4ccccc4)CC3)c(Cl)c2)S(=O)(=O)CC(=O)O)c1. The van der Waals surface area contributed by atoms with Crippen LogP contribution in [0.15, 0.2) is 78.9 Å². The lowest BCUT2D eigenvalue weighted by Crippen LogP contribution is -2.37. The van der Waals surface area contributed by atoms with Crippen LogP contribution in [0.2, 0.25) is 5.02 Å². The number of sulfonamides is 1. The molecule has 1 aliphatic rings. The minimum absolute atomic E-state index is 0. The zero-order valence-electron chi connectivity index (χ0n) is 23.3. The summed E-state index contributed by atoms with van der Waals surface area (Å²) in [5, 5.41) is 17.0. The minimum atomic E-state index is -4.22. The molecule has 3 aromatic carbocycles. The molecule has 0 unspecified atom stereocenters. The Hall–Kier alpha value is -3.28. The van der Waals surface area contributed by atoms with E-state index in [2.05, 4.69) is 17.0 Å². The lowest BCUT2D eigenvalue weighted by Gasteiger charge is -2.32. The average Bonchev–Trinajstić information content (AvgIpc) is 2.93. The van der Waals surface area contributed by atoms with Crippen LogP contribution in [0.5, 0.6) is 5.75 Å². The van der Waals surface area contributed by atoms with Gasteiger partial charge >= 0.3 is 5.97 Å². The van der Waals surface area contributed by atoms with Gasteiger partial charge in [-0.05, 0) is 48.2 Å². The molecular weight excluding hydrogens is 635 g/mol. The van der Waals surface area contributed by atoms with Crippen LogP contribution < -0.4 is 14.8 Å². The molecule has 0 aliphatic carbocycles. The molecule has 1 saturated heterocycles. The van der Waals surface area contributed by atoms with E-state index in [4.69, 9.17) is 27.5 Å². The first-order valence-corrected chi connectivity index (χ1v) is 15.1. The van der Waals surface area contributed by atoms with Crippen molar-refractivity contribution >= 4 is 70.0 Å². The van der Waals surface area contributed by atoms with Crippen LogP contribution in [0.3, 0.4) is 0 Å². The van der Waals surface area contributed by atoms with Crippen molar-refractivity contribution in [3.63, 3.8) is 0 Å². The highest BCUT2D eigenvalue weighted by Gasteiger charge is 2.26. The Balaban J connectivity index is 0.00000323. The van der Waals surface area contributed by atoms with Crippen molar-refractivity contribution in [2.45, 2.75) is 25.5 Å². The Bertz CT molecular complexity index is 1520. The summed E-state index contributed by atoms with van der Waals surface area (Å²) in [5.41, 5.74) is 8.29. The maximum Gasteiger partial charge on any atom is 0.320 e. The summed E-state index contributed by atoms with van der Waals surface area (Å²) < 4.78 is 33.2. The third kappa shape index (κ3) is 10.4. The fourth-order valence-corrected chi connectivity index (χ4v) is 6.09. The van der Waals surface area contributed by atoms with E-state index in [1.807, 2.05) is 18.2 Å². The first kappa shape index (κ1) is 35.9. The fourth-order valence-electron chi connectivity index (χ4n) is 4.65. The summed E-state index contributed by atoms with van der Waals surface area (Å²) in [6.07, 6.45) is 4.92. The lowest BCUT2D eigenvalue weighted by molar-refractivity contribution is -0.134. The third-order valence-electron chi connectivity index (χ3n) is 6.70. The average molecular weight is 670 g/mol. The van der Waals surface area contributed by atoms with Gasteiger partial charge in [0.1, 0.15) is 17.7 Å². The summed E-state index contributed by atoms with van der Waals surface area (Å²) in [7, 11) is -4.22. The number of carboxylic acid groups (broad SMARTS) is 1. The Morgan fingerprint density at radius 2 is 1.77 bits per heavy atom. The predicted octanol–water partition coefficient (Wildman–Crippen LogP) is 5.45. The van der Waals surface area contributed by atoms with E-state index in [9.17, 15) is 18.3 Å². The molecule has 1 aliphatic heterocycles. The maximum absolute atomic E-state index is 13.0. The molecule has 4 rings (SSSR count). The van der Waals surface area contributed by atoms with Gasteiger partial charge in [-0.1, -0.05) is 72.3 Å². The first-order chi connectivity index (χ1) is 19.6. The van der Waals surface area contributed by atoms with Gasteiger partial charge in [0.25, 0.3) is 0 Å². The number of nitrogens with zero attached hydrogens (tertiary/aromatic N) is 2. The van der Waals surface area contributed by atoms with Gasteiger partial charge in [-0.2, -0.15) is 0 Å². The highest BCUT2D eigenvalue weighted by atomic mass is 35.5. The number of aliphatic carboxylic acids is 1. The smallest absolute Gasteiger partial charge is 0.320 e. The number of piperidine rings is 1. The van der Waals surface area contributed by atoms with E-state index < -0.39 is 21.7 Å². The number of carbonyl (C=O) groups is 1. The van der Waals surface area contributed by atoms with Gasteiger partial charge in [0.15, 0.2) is 5.75 Å². The number of hydrogen-bond acceptors (Lipinski definition) is 6. The van der Waals surface area contributed by atoms with Crippen LogP contribution in [0.4, 0.5) is 5.69 Å². The maximum atomic E-state index is 13.0. The number of amidine groups is 1. The molecule has 0 spiro atoms. The van der Waals surface area contributed by atoms with Gasteiger partial charge in [0, 0.05) is 25.2 Å². The molecule has 0 saturated carbocycles. The van der Waals surface area contributed by atoms with Crippen molar-refractivity contribution in [1.82, 2.24) is 4.90 Å². The summed E-state index contributed by atoms with van der Waals surface area (Å²) in [6.45, 7) is 2.53. The number of nitrogen functional groups attached to an aromatic ring is 1. The van der Waals surface area contributed by atoms with Gasteiger partial charge in [-0.25, -0.2) is 8.42 Å². The monoisotopic (exact) mass is 668 g/mol. The van der Waals surface area contributed by atoms with Crippen LogP contribution >= 0.6 is 36.4 Å². The number of hydrogen-bond donors (Lipinski definition) is 3. The number of anilines is 1. The molecule has 9 nitrogen and oxygen atoms in total. The number of carboxylic acids is 1. The van der Waals surface area contributed by atoms with Crippen LogP contribution in [0.25, 0.3) is 6.08 Å². The van der Waals surface area contributed by atoms with Crippen LogP contribution in [-0.4, -0.2) is 61.7 Å². The molecule has 1 heterocycles. The molecule has 232 valence electrons. The van der Waals surface area contributed by atoms with E-state index in [1.54, 1.807) is 48.6 Å². The van der Waals surface area contributed by atoms with Crippen molar-refractivity contribution in [3.8, 4) is 5.75 Å². The first-order valence-electron chi connectivity index (χ1n) is 13.2. The van der Waals surface area contributed by atoms with E-state index in [-0.39, 0.29) is 54.0 Å². The molecule has 4 N–H and O–H groups in total. The zero-order chi connectivity index (χ0) is 29.4. The Kier molecular flexibility index (Phi) is 13.8. The van der Waals surface area contributed by atoms with Crippen LogP contribution in [0, 0.1) is 5.41 Å². The number of rotatable bonds is 12. The molecule has 13 heteroatoms. The van der Waals surface area contributed by atoms with E-state index in [0.717, 1.165) is 36.8 Å². The second kappa shape index (κ2) is 16.5. The second-order valence-corrected chi connectivity index (χ2v) is 12.1. The molecule has 43 heavy (non-hydrogen) atoms. The largest absolute Gasteiger partial charge is 0.489 e. The number of benzene rings is 3. The predicted molar refractivity (Wildman–Crippen MR) is 177 cm³/mol. The molecular formula is C30H35Cl3N4O5S. The summed E-state index contributed by atoms with van der Waals surface area (Å²) in [6, 6.07) is 21.9. The number of likely N-dealkylation sites (tertiary alicyclic amines) is 1. The van der Waals surface area contributed by atoms with Crippen LogP contribution in [0.1, 0.15) is 29.5 Å². The van der Waals surface area contributed by atoms with Gasteiger partial charge < -0.3 is 15.6 Å². The van der Waals surface area contributed by atoms with E-state index >= 15 is 0 Å². The zero-order valence-corrected chi connectivity index (χ0v) is 26.5. The van der Waals surface area contributed by atoms with Crippen molar-refractivity contribution in [2.75, 3.05) is 29.7 Å². The van der Waals surface area contributed by atoms with E-state index in [0.29, 0.717) is 16.9 Å². The highest BCUT2D eigenvalue weighted by Crippen LogP contribution is 2.33. The number of halogens is 3. The van der Waals surface area contributed by atoms with Crippen molar-refractivity contribution in [2.24, 2.45) is 5.73 Å². The Morgan fingerprint density at radius 1 is 1.07 bits per heavy atom. The normalized spacial score (nSPS) is 14.0. The molecule has 1 fully saturated rings. The molecule has 0 radical (unpaired) electrons. The molecule has 0 amide bonds. The molecule has 3 aromatic rings. The minimum Gasteiger partial charge on any atom is -0.489 e. The van der Waals surface area contributed by atoms with Crippen LogP contribution in [-0.2, 0) is 21.4 Å². The summed E-state index contributed by atoms with van der Waals surface area (Å²) in [4.78, 5) is 13.7. The van der Waals surface area contributed by atoms with E-state index in [1.165, 1.54) is 11.6 Å². The van der Waals surface area contributed by atoms with Gasteiger partial charge in [0.05, 0.1) is 17.3 Å². The van der Waals surface area contributed by atoms with Gasteiger partial charge in [-0.3, -0.25) is 19.4 Å². The van der Waals surface area contributed by atoms with Crippen molar-refractivity contribution in [3.05, 3.63) is 101 Å². The highest BCUT2D eigenvalue weighted by molar-refractivity contribution is 7.93. The van der Waals surface area contributed by atoms with Crippen molar-refractivity contribution in [1.29, 1.82) is 5.41 Å². The van der Waals surface area contributed by atoms with Gasteiger partial charge in [-0.15, -0.1) is 24.8 Å². The Morgan fingerprint density at radius 3 is 2.40 bits per heavy atom. The second-order valence-electron chi connectivity index (χ2n) is 9.82. The Labute approximate surface area is 269 Å². The summed E-state index contributed by atoms with van der Waals surface area (Å²) in [5.74, 6) is -2.17. The molecule has 0 bridgehead atoms. The van der Waals surface area contributed by atoms with Crippen molar-refractivity contribution < 1.29 is 23.1 Å².